The predicted molar refractivity (Wildman–Crippen MR) is 228 cm³/mol. The zero-order valence-electron chi connectivity index (χ0n) is 35.6. The maximum absolute atomic E-state index is 13.0. The number of phenols is 1. The van der Waals surface area contributed by atoms with Crippen molar-refractivity contribution in [3.63, 3.8) is 0 Å². The first-order valence-corrected chi connectivity index (χ1v) is 19.2. The molecule has 0 radical (unpaired) electrons. The summed E-state index contributed by atoms with van der Waals surface area (Å²) < 4.78 is 20.2. The molecule has 0 aliphatic rings. The largest absolute Gasteiger partial charge is 0.507 e. The lowest BCUT2D eigenvalue weighted by Gasteiger charge is -2.25. The van der Waals surface area contributed by atoms with Gasteiger partial charge in [-0.15, -0.1) is 0 Å². The van der Waals surface area contributed by atoms with E-state index in [1.807, 2.05) is 102 Å². The molecule has 10 heteroatoms. The minimum atomic E-state index is -0.643. The van der Waals surface area contributed by atoms with Gasteiger partial charge in [-0.25, -0.2) is 9.59 Å². The van der Waals surface area contributed by atoms with Crippen LogP contribution in [-0.4, -0.2) is 54.7 Å². The van der Waals surface area contributed by atoms with Crippen LogP contribution in [0.2, 0.25) is 0 Å². The summed E-state index contributed by atoms with van der Waals surface area (Å²) in [5.41, 5.74) is 6.90. The van der Waals surface area contributed by atoms with Gasteiger partial charge >= 0.3 is 12.2 Å². The second-order valence-corrected chi connectivity index (χ2v) is 18.2. The summed E-state index contributed by atoms with van der Waals surface area (Å²) in [4.78, 5) is 32.4. The molecule has 0 bridgehead atoms. The molecule has 302 valence electrons. The van der Waals surface area contributed by atoms with E-state index in [0.29, 0.717) is 34.0 Å². The Balaban J connectivity index is 0.000000249. The second-order valence-electron chi connectivity index (χ2n) is 18.2. The van der Waals surface area contributed by atoms with Crippen LogP contribution in [0.3, 0.4) is 0 Å². The van der Waals surface area contributed by atoms with Crippen molar-refractivity contribution in [1.82, 2.24) is 19.1 Å². The molecule has 6 aromatic rings. The van der Waals surface area contributed by atoms with Gasteiger partial charge in [0, 0.05) is 58.4 Å². The van der Waals surface area contributed by atoms with Gasteiger partial charge in [0.05, 0.1) is 18.5 Å². The predicted octanol–water partition coefficient (Wildman–Crippen LogP) is 12.2. The van der Waals surface area contributed by atoms with E-state index >= 15 is 0 Å². The first-order chi connectivity index (χ1) is 26.5. The van der Waals surface area contributed by atoms with E-state index in [4.69, 9.17) is 14.2 Å². The highest BCUT2D eigenvalue weighted by atomic mass is 16.6. The molecule has 4 heterocycles. The number of aromatic hydroxyl groups is 1. The number of aromatic nitrogens is 4. The molecule has 0 saturated carbocycles. The lowest BCUT2D eigenvalue weighted by molar-refractivity contribution is 0.0529. The van der Waals surface area contributed by atoms with E-state index in [9.17, 15) is 14.7 Å². The van der Waals surface area contributed by atoms with Gasteiger partial charge in [-0.05, 0) is 136 Å². The molecule has 3 N–H and O–H groups in total. The molecule has 10 nitrogen and oxygen atoms in total. The summed E-state index contributed by atoms with van der Waals surface area (Å²) in [6, 6.07) is 23.3. The topological polar surface area (TPSA) is 123 Å². The molecule has 0 aliphatic heterocycles. The fraction of sp³-hybridized carbons (Fsp3) is 0.362. The molecule has 0 amide bonds. The SMILES string of the molecule is CC(C)(C)c1cc(-c2ccc[nH]2)c(O)c(-c2ccc[nH]2)c1.COc1c(-c2cccn2C(=O)OC(C)(C)C)cc(C(C)(C)C)cc1-c1cccn1C(=O)OC(C)(C)C. The summed E-state index contributed by atoms with van der Waals surface area (Å²) >= 11 is 0. The van der Waals surface area contributed by atoms with Crippen LogP contribution in [0, 0.1) is 0 Å². The van der Waals surface area contributed by atoms with Crippen molar-refractivity contribution in [2.75, 3.05) is 7.11 Å². The molecule has 4 aromatic heterocycles. The number of ether oxygens (including phenoxy) is 3. The van der Waals surface area contributed by atoms with Gasteiger partial charge in [-0.1, -0.05) is 41.5 Å². The van der Waals surface area contributed by atoms with Crippen LogP contribution >= 0.6 is 0 Å². The zero-order valence-corrected chi connectivity index (χ0v) is 35.6. The lowest BCUT2D eigenvalue weighted by Crippen LogP contribution is -2.27. The average Bonchev–Trinajstić information content (AvgIpc) is 3.93. The van der Waals surface area contributed by atoms with E-state index in [1.54, 1.807) is 31.6 Å². The van der Waals surface area contributed by atoms with Crippen LogP contribution in [0.15, 0.2) is 97.6 Å². The highest BCUT2D eigenvalue weighted by Gasteiger charge is 2.28. The van der Waals surface area contributed by atoms with Crippen LogP contribution in [0.25, 0.3) is 45.0 Å². The number of phenolic OH excluding ortho intramolecular Hbond substituents is 1. The third kappa shape index (κ3) is 9.92. The van der Waals surface area contributed by atoms with Crippen LogP contribution in [0.1, 0.15) is 94.2 Å². The van der Waals surface area contributed by atoms with Crippen molar-refractivity contribution in [1.29, 1.82) is 0 Å². The summed E-state index contributed by atoms with van der Waals surface area (Å²) in [6.07, 6.45) is 6.12. The maximum Gasteiger partial charge on any atom is 0.418 e. The number of benzene rings is 2. The molecule has 0 aliphatic carbocycles. The Kier molecular flexibility index (Phi) is 11.8. The maximum atomic E-state index is 13.0. The molecule has 0 spiro atoms. The molecule has 0 unspecified atom stereocenters. The summed E-state index contributed by atoms with van der Waals surface area (Å²) in [5.74, 6) is 0.836. The smallest absolute Gasteiger partial charge is 0.418 e. The Bertz CT molecular complexity index is 2170. The van der Waals surface area contributed by atoms with Crippen molar-refractivity contribution in [3.8, 4) is 56.5 Å². The van der Waals surface area contributed by atoms with Crippen LogP contribution < -0.4 is 4.74 Å². The fourth-order valence-electron chi connectivity index (χ4n) is 6.28. The van der Waals surface area contributed by atoms with Gasteiger partial charge in [0.25, 0.3) is 0 Å². The van der Waals surface area contributed by atoms with E-state index < -0.39 is 23.4 Å². The molecule has 2 aromatic carbocycles. The molecule has 57 heavy (non-hydrogen) atoms. The van der Waals surface area contributed by atoms with Gasteiger partial charge in [0.15, 0.2) is 0 Å². The average molecular weight is 775 g/mol. The quantitative estimate of drug-likeness (QED) is 0.160. The highest BCUT2D eigenvalue weighted by molar-refractivity contribution is 5.88. The summed E-state index contributed by atoms with van der Waals surface area (Å²) in [7, 11) is 1.58. The molecule has 0 atom stereocenters. The number of methoxy groups -OCH3 is 1. The Labute approximate surface area is 336 Å². The number of hydrogen-bond acceptors (Lipinski definition) is 6. The molecule has 0 fully saturated rings. The number of H-pyrrole nitrogens is 2. The number of carbonyl (C=O) groups is 2. The number of nitrogens with one attached hydrogen (secondary N) is 2. The van der Waals surface area contributed by atoms with Gasteiger partial charge in [-0.2, -0.15) is 0 Å². The van der Waals surface area contributed by atoms with Crippen molar-refractivity contribution >= 4 is 12.2 Å². The highest BCUT2D eigenvalue weighted by Crippen LogP contribution is 2.44. The number of carbonyl (C=O) groups excluding carboxylic acids is 2. The van der Waals surface area contributed by atoms with Crippen molar-refractivity contribution in [3.05, 3.63) is 109 Å². The zero-order chi connectivity index (χ0) is 42.1. The van der Waals surface area contributed by atoms with E-state index in [1.165, 1.54) is 14.7 Å². The molecule has 6 rings (SSSR count). The fourth-order valence-corrected chi connectivity index (χ4v) is 6.28. The van der Waals surface area contributed by atoms with Crippen molar-refractivity contribution in [2.24, 2.45) is 0 Å². The monoisotopic (exact) mass is 774 g/mol. The van der Waals surface area contributed by atoms with Gasteiger partial charge in [0.2, 0.25) is 0 Å². The van der Waals surface area contributed by atoms with E-state index in [-0.39, 0.29) is 10.8 Å². The van der Waals surface area contributed by atoms with E-state index in [2.05, 4.69) is 63.6 Å². The molecular weight excluding hydrogens is 717 g/mol. The minimum absolute atomic E-state index is 0.0103. The van der Waals surface area contributed by atoms with E-state index in [0.717, 1.165) is 28.1 Å². The first kappa shape index (κ1) is 42.2. The van der Waals surface area contributed by atoms with Crippen molar-refractivity contribution < 1.29 is 28.9 Å². The summed E-state index contributed by atoms with van der Waals surface area (Å²) in [5, 5.41) is 10.7. The van der Waals surface area contributed by atoms with Gasteiger partial charge in [0.1, 0.15) is 22.7 Å². The normalized spacial score (nSPS) is 12.2. The number of rotatable bonds is 5. The van der Waals surface area contributed by atoms with Crippen LogP contribution in [0.4, 0.5) is 9.59 Å². The second kappa shape index (κ2) is 15.9. The lowest BCUT2D eigenvalue weighted by atomic mass is 9.83. The van der Waals surface area contributed by atoms with Gasteiger partial charge < -0.3 is 29.3 Å². The van der Waals surface area contributed by atoms with Crippen LogP contribution in [0.5, 0.6) is 11.5 Å². The Hall–Kier alpha value is -5.90. The van der Waals surface area contributed by atoms with Crippen molar-refractivity contribution in [2.45, 2.75) is 105 Å². The first-order valence-electron chi connectivity index (χ1n) is 19.2. The Morgan fingerprint density at radius 2 is 0.930 bits per heavy atom. The standard InChI is InChI=1S/C29H38N2O5.C18H20N2O/c1-27(2,3)19-17-20(22-13-11-15-30(22)25(32)35-28(4,5)6)24(34-10)21(18-19)23-14-12-16-31(23)26(33)36-29(7,8)9;1-18(2,3)12-10-13(15-6-4-8-19-15)17(21)14(11-12)16-7-5-9-20-16/h11-18H,1-10H3;4-11,19-21H,1-3H3. The minimum Gasteiger partial charge on any atom is -0.507 e. The number of nitrogens with zero attached hydrogens (tertiary/aromatic N) is 2. The Morgan fingerprint density at radius 1 is 0.561 bits per heavy atom. The number of aromatic amines is 2. The molecular formula is C47H58N4O6. The Morgan fingerprint density at radius 3 is 1.23 bits per heavy atom. The number of hydrogen-bond donors (Lipinski definition) is 3. The van der Waals surface area contributed by atoms with Crippen LogP contribution in [-0.2, 0) is 20.3 Å². The summed E-state index contributed by atoms with van der Waals surface area (Å²) in [6.45, 7) is 23.9. The third-order valence-electron chi connectivity index (χ3n) is 9.14. The molecule has 0 saturated heterocycles. The third-order valence-corrected chi connectivity index (χ3v) is 9.14. The van der Waals surface area contributed by atoms with Gasteiger partial charge in [-0.3, -0.25) is 9.13 Å².